The SMILES string of the molecule is CC(CC1CCN(C(C)(C)C)CC1)C(C)(C)C. The average Bonchev–Trinajstić information content (AvgIpc) is 2.15. The molecule has 1 fully saturated rings. The second kappa shape index (κ2) is 5.30. The molecule has 0 aromatic heterocycles. The highest BCUT2D eigenvalue weighted by Crippen LogP contribution is 2.35. The maximum absolute atomic E-state index is 2.64. The van der Waals surface area contributed by atoms with Crippen LogP contribution in [0.2, 0.25) is 0 Å². The first kappa shape index (κ1) is 15.0. The summed E-state index contributed by atoms with van der Waals surface area (Å²) in [5, 5.41) is 0. The van der Waals surface area contributed by atoms with Gasteiger partial charge in [0.2, 0.25) is 0 Å². The smallest absolute Gasteiger partial charge is 0.0125 e. The van der Waals surface area contributed by atoms with Crippen molar-refractivity contribution in [3.8, 4) is 0 Å². The van der Waals surface area contributed by atoms with Gasteiger partial charge in [-0.05, 0) is 70.4 Å². The third kappa shape index (κ3) is 4.62. The Hall–Kier alpha value is -0.0400. The van der Waals surface area contributed by atoms with Gasteiger partial charge in [0.15, 0.2) is 0 Å². The zero-order valence-corrected chi connectivity index (χ0v) is 13.1. The molecule has 0 aromatic carbocycles. The molecule has 1 atom stereocenters. The number of nitrogens with zero attached hydrogens (tertiary/aromatic N) is 1. The van der Waals surface area contributed by atoms with Crippen molar-refractivity contribution in [2.75, 3.05) is 13.1 Å². The molecule has 0 spiro atoms. The first-order valence-corrected chi connectivity index (χ1v) is 7.36. The predicted octanol–water partition coefficient (Wildman–Crippen LogP) is 4.57. The van der Waals surface area contributed by atoms with E-state index in [0.717, 1.165) is 11.8 Å². The van der Waals surface area contributed by atoms with Gasteiger partial charge in [0.25, 0.3) is 0 Å². The van der Waals surface area contributed by atoms with E-state index in [1.807, 2.05) is 0 Å². The van der Waals surface area contributed by atoms with Crippen LogP contribution in [0.25, 0.3) is 0 Å². The number of likely N-dealkylation sites (tertiary alicyclic amines) is 1. The van der Waals surface area contributed by atoms with E-state index in [2.05, 4.69) is 53.4 Å². The fraction of sp³-hybridized carbons (Fsp3) is 1.00. The summed E-state index contributed by atoms with van der Waals surface area (Å²) < 4.78 is 0. The fourth-order valence-corrected chi connectivity index (χ4v) is 2.69. The van der Waals surface area contributed by atoms with Crippen molar-refractivity contribution in [1.82, 2.24) is 4.90 Å². The third-order valence-electron chi connectivity index (χ3n) is 4.73. The maximum atomic E-state index is 2.64. The zero-order chi connectivity index (χ0) is 13.3. The van der Waals surface area contributed by atoms with Gasteiger partial charge < -0.3 is 0 Å². The third-order valence-corrected chi connectivity index (χ3v) is 4.73. The molecule has 0 N–H and O–H groups in total. The van der Waals surface area contributed by atoms with Gasteiger partial charge in [-0.25, -0.2) is 0 Å². The molecule has 0 aromatic rings. The van der Waals surface area contributed by atoms with Crippen molar-refractivity contribution in [3.05, 3.63) is 0 Å². The highest BCUT2D eigenvalue weighted by molar-refractivity contribution is 4.83. The molecule has 1 rings (SSSR count). The second-order valence-corrected chi connectivity index (χ2v) is 8.10. The van der Waals surface area contributed by atoms with Crippen LogP contribution in [0.1, 0.15) is 67.7 Å². The Morgan fingerprint density at radius 2 is 1.47 bits per heavy atom. The fourth-order valence-electron chi connectivity index (χ4n) is 2.69. The number of piperidine rings is 1. The minimum absolute atomic E-state index is 0.362. The van der Waals surface area contributed by atoms with Crippen LogP contribution in [0.4, 0.5) is 0 Å². The molecule has 0 aliphatic carbocycles. The number of hydrogen-bond donors (Lipinski definition) is 0. The summed E-state index contributed by atoms with van der Waals surface area (Å²) in [6.45, 7) is 19.2. The van der Waals surface area contributed by atoms with E-state index in [4.69, 9.17) is 0 Å². The molecule has 0 saturated carbocycles. The molecule has 0 amide bonds. The Labute approximate surface area is 109 Å². The van der Waals surface area contributed by atoms with Crippen LogP contribution < -0.4 is 0 Å². The molecule has 1 aliphatic rings. The van der Waals surface area contributed by atoms with Gasteiger partial charge in [-0.3, -0.25) is 4.90 Å². The quantitative estimate of drug-likeness (QED) is 0.682. The summed E-state index contributed by atoms with van der Waals surface area (Å²) in [6.07, 6.45) is 4.22. The molecule has 0 bridgehead atoms. The average molecular weight is 239 g/mol. The largest absolute Gasteiger partial charge is 0.298 e. The second-order valence-electron chi connectivity index (χ2n) is 8.10. The summed E-state index contributed by atoms with van der Waals surface area (Å²) in [6, 6.07) is 0. The lowest BCUT2D eigenvalue weighted by Crippen LogP contribution is -2.46. The minimum atomic E-state index is 0.362. The molecule has 17 heavy (non-hydrogen) atoms. The maximum Gasteiger partial charge on any atom is 0.0125 e. The van der Waals surface area contributed by atoms with Crippen LogP contribution in [-0.4, -0.2) is 23.5 Å². The van der Waals surface area contributed by atoms with Crippen LogP contribution in [0.15, 0.2) is 0 Å². The van der Waals surface area contributed by atoms with Crippen molar-refractivity contribution in [2.45, 2.75) is 73.3 Å². The normalized spacial score (nSPS) is 22.8. The molecular formula is C16H33N. The van der Waals surface area contributed by atoms with E-state index in [1.165, 1.54) is 32.4 Å². The molecule has 1 heteroatoms. The molecule has 1 unspecified atom stereocenters. The van der Waals surface area contributed by atoms with Crippen LogP contribution >= 0.6 is 0 Å². The van der Waals surface area contributed by atoms with Gasteiger partial charge in [0.05, 0.1) is 0 Å². The van der Waals surface area contributed by atoms with E-state index in [9.17, 15) is 0 Å². The highest BCUT2D eigenvalue weighted by atomic mass is 15.2. The summed E-state index contributed by atoms with van der Waals surface area (Å²) in [7, 11) is 0. The van der Waals surface area contributed by atoms with Gasteiger partial charge in [-0.1, -0.05) is 27.7 Å². The van der Waals surface area contributed by atoms with Gasteiger partial charge >= 0.3 is 0 Å². The minimum Gasteiger partial charge on any atom is -0.298 e. The van der Waals surface area contributed by atoms with Crippen LogP contribution in [0.5, 0.6) is 0 Å². The Morgan fingerprint density at radius 1 is 1.00 bits per heavy atom. The Kier molecular flexibility index (Phi) is 4.68. The van der Waals surface area contributed by atoms with Gasteiger partial charge in [-0.15, -0.1) is 0 Å². The highest BCUT2D eigenvalue weighted by Gasteiger charge is 2.29. The lowest BCUT2D eigenvalue weighted by atomic mass is 9.75. The summed E-state index contributed by atoms with van der Waals surface area (Å²) in [5.41, 5.74) is 0.835. The summed E-state index contributed by atoms with van der Waals surface area (Å²) in [4.78, 5) is 2.64. The first-order valence-electron chi connectivity index (χ1n) is 7.36. The molecule has 1 aliphatic heterocycles. The summed E-state index contributed by atoms with van der Waals surface area (Å²) in [5.74, 6) is 1.80. The Morgan fingerprint density at radius 3 is 1.82 bits per heavy atom. The van der Waals surface area contributed by atoms with Crippen LogP contribution in [0, 0.1) is 17.3 Å². The Bertz CT molecular complexity index is 223. The van der Waals surface area contributed by atoms with Crippen LogP contribution in [0.3, 0.4) is 0 Å². The van der Waals surface area contributed by atoms with E-state index in [-0.39, 0.29) is 0 Å². The molecule has 1 nitrogen and oxygen atoms in total. The standard InChI is InChI=1S/C16H33N/c1-13(15(2,3)4)12-14-8-10-17(11-9-14)16(5,6)7/h13-14H,8-12H2,1-7H3. The van der Waals surface area contributed by atoms with Crippen molar-refractivity contribution in [2.24, 2.45) is 17.3 Å². The monoisotopic (exact) mass is 239 g/mol. The topological polar surface area (TPSA) is 3.24 Å². The molecule has 0 radical (unpaired) electrons. The van der Waals surface area contributed by atoms with E-state index < -0.39 is 0 Å². The zero-order valence-electron chi connectivity index (χ0n) is 13.1. The van der Waals surface area contributed by atoms with Gasteiger partial charge in [0, 0.05) is 5.54 Å². The van der Waals surface area contributed by atoms with E-state index in [0.29, 0.717) is 11.0 Å². The number of hydrogen-bond acceptors (Lipinski definition) is 1. The lowest BCUT2D eigenvalue weighted by Gasteiger charge is -2.42. The first-order chi connectivity index (χ1) is 7.60. The van der Waals surface area contributed by atoms with E-state index in [1.54, 1.807) is 0 Å². The Balaban J connectivity index is 2.38. The summed E-state index contributed by atoms with van der Waals surface area (Å²) >= 11 is 0. The number of rotatable bonds is 2. The van der Waals surface area contributed by atoms with Crippen LogP contribution in [-0.2, 0) is 0 Å². The van der Waals surface area contributed by atoms with Crippen molar-refractivity contribution >= 4 is 0 Å². The van der Waals surface area contributed by atoms with Crippen molar-refractivity contribution in [1.29, 1.82) is 0 Å². The van der Waals surface area contributed by atoms with E-state index >= 15 is 0 Å². The molecule has 102 valence electrons. The molecule has 1 saturated heterocycles. The van der Waals surface area contributed by atoms with Gasteiger partial charge in [0.1, 0.15) is 0 Å². The molecule has 1 heterocycles. The lowest BCUT2D eigenvalue weighted by molar-refractivity contribution is 0.0737. The predicted molar refractivity (Wildman–Crippen MR) is 77.3 cm³/mol. The van der Waals surface area contributed by atoms with Gasteiger partial charge in [-0.2, -0.15) is 0 Å². The molecular weight excluding hydrogens is 206 g/mol. The van der Waals surface area contributed by atoms with Crippen molar-refractivity contribution < 1.29 is 0 Å². The van der Waals surface area contributed by atoms with Crippen molar-refractivity contribution in [3.63, 3.8) is 0 Å².